The molecule has 1 aliphatic heterocycles. The van der Waals surface area contributed by atoms with Crippen LogP contribution in [0.15, 0.2) is 34.2 Å². The smallest absolute Gasteiger partial charge is 0.164 e. The van der Waals surface area contributed by atoms with E-state index in [-0.39, 0.29) is 16.1 Å². The molecule has 1 aromatic rings. The Morgan fingerprint density at radius 1 is 1.50 bits per heavy atom. The number of hydrogen-bond donors (Lipinski definition) is 3. The van der Waals surface area contributed by atoms with Crippen molar-refractivity contribution in [3.05, 3.63) is 45.5 Å². The first kappa shape index (κ1) is 13.6. The van der Waals surface area contributed by atoms with Gasteiger partial charge >= 0.3 is 0 Å². The Hall–Kier alpha value is -1.39. The lowest BCUT2D eigenvalue weighted by molar-refractivity contribution is 0.703. The van der Waals surface area contributed by atoms with Gasteiger partial charge in [0.1, 0.15) is 11.3 Å². The highest BCUT2D eigenvalue weighted by Gasteiger charge is 2.21. The maximum absolute atomic E-state index is 8.05. The van der Waals surface area contributed by atoms with Crippen LogP contribution in [0.2, 0.25) is 1.41 Å². The molecule has 1 aliphatic rings. The zero-order chi connectivity index (χ0) is 15.7. The van der Waals surface area contributed by atoms with Crippen LogP contribution in [-0.2, 0) is 0 Å². The van der Waals surface area contributed by atoms with Crippen molar-refractivity contribution >= 4 is 28.9 Å². The first-order chi connectivity index (χ1) is 9.82. The minimum atomic E-state index is -0.583. The van der Waals surface area contributed by atoms with Crippen LogP contribution in [0.5, 0.6) is 0 Å². The molecule has 1 unspecified atom stereocenters. The minimum absolute atomic E-state index is 0.135. The van der Waals surface area contributed by atoms with E-state index in [9.17, 15) is 0 Å². The van der Waals surface area contributed by atoms with E-state index < -0.39 is 6.17 Å². The molecule has 0 amide bonds. The second-order valence-electron chi connectivity index (χ2n) is 5.00. The van der Waals surface area contributed by atoms with Gasteiger partial charge in [0, 0.05) is 6.20 Å². The van der Waals surface area contributed by atoms with Gasteiger partial charge in [0.05, 0.1) is 22.1 Å². The van der Waals surface area contributed by atoms with Crippen molar-refractivity contribution < 1.29 is 1.41 Å². The largest absolute Gasteiger partial charge is 0.399 e. The molecule has 1 aromatic heterocycles. The Labute approximate surface area is 130 Å². The summed E-state index contributed by atoms with van der Waals surface area (Å²) in [5.41, 5.74) is 9.24. The molecular weight excluding hydrogens is 295 g/mol. The maximum Gasteiger partial charge on any atom is 0.164 e. The van der Waals surface area contributed by atoms with E-state index in [0.717, 1.165) is 22.3 Å². The van der Waals surface area contributed by atoms with Gasteiger partial charge in [-0.3, -0.25) is 4.98 Å². The summed E-state index contributed by atoms with van der Waals surface area (Å²) in [5.74, 6) is 0.245. The molecule has 0 saturated heterocycles. The van der Waals surface area contributed by atoms with Crippen LogP contribution in [-0.4, -0.2) is 11.1 Å². The highest BCUT2D eigenvalue weighted by molar-refractivity contribution is 6.40. The summed E-state index contributed by atoms with van der Waals surface area (Å²) < 4.78 is 8.05. The van der Waals surface area contributed by atoms with Crippen molar-refractivity contribution in [1.29, 1.82) is 0 Å². The normalized spacial score (nSPS) is 20.1. The molecule has 4 nitrogen and oxygen atoms in total. The lowest BCUT2D eigenvalue weighted by Gasteiger charge is -2.28. The van der Waals surface area contributed by atoms with Gasteiger partial charge in [-0.15, -0.1) is 0 Å². The molecule has 0 saturated carbocycles. The average molecular weight is 314 g/mol. The lowest BCUT2D eigenvalue weighted by Crippen LogP contribution is -2.42. The van der Waals surface area contributed by atoms with E-state index in [4.69, 9.17) is 30.3 Å². The van der Waals surface area contributed by atoms with Crippen molar-refractivity contribution in [1.82, 2.24) is 10.3 Å². The number of aromatic nitrogens is 1. The van der Waals surface area contributed by atoms with Gasteiger partial charge in [-0.25, -0.2) is 0 Å². The number of nitrogens with two attached hydrogens (primary N) is 1. The monoisotopic (exact) mass is 313 g/mol. The summed E-state index contributed by atoms with van der Waals surface area (Å²) in [6.45, 7) is 6.11. The molecule has 20 heavy (non-hydrogen) atoms. The molecule has 2 heterocycles. The quantitative estimate of drug-likeness (QED) is 0.749. The van der Waals surface area contributed by atoms with Gasteiger partial charge in [-0.2, -0.15) is 0 Å². The van der Waals surface area contributed by atoms with Crippen LogP contribution in [0.1, 0.15) is 31.0 Å². The molecule has 4 N–H and O–H groups in total. The average Bonchev–Trinajstić information content (AvgIpc) is 2.42. The van der Waals surface area contributed by atoms with Gasteiger partial charge in [0.25, 0.3) is 0 Å². The topological polar surface area (TPSA) is 63.0 Å². The van der Waals surface area contributed by atoms with Crippen LogP contribution in [0.3, 0.4) is 0 Å². The molecule has 0 aliphatic carbocycles. The Kier molecular flexibility index (Phi) is 4.03. The van der Waals surface area contributed by atoms with Gasteiger partial charge < -0.3 is 16.4 Å². The summed E-state index contributed by atoms with van der Waals surface area (Å²) in [4.78, 5) is 4.41. The van der Waals surface area contributed by atoms with E-state index in [1.54, 1.807) is 12.3 Å². The number of anilines is 1. The zero-order valence-electron chi connectivity index (χ0n) is 12.6. The fraction of sp³-hybridized carbons (Fsp3) is 0.357. The van der Waals surface area contributed by atoms with E-state index in [1.165, 1.54) is 0 Å². The molecule has 1 atom stereocenters. The van der Waals surface area contributed by atoms with Crippen LogP contribution in [0.25, 0.3) is 0 Å². The molecular formula is C14H18Cl2N4. The number of pyridine rings is 1. The van der Waals surface area contributed by atoms with Gasteiger partial charge in [-0.05, 0) is 30.5 Å². The summed E-state index contributed by atoms with van der Waals surface area (Å²) in [7, 11) is 0. The SMILES string of the molecule is [2H]N1C(Cl)=C(Cl)C=C(N)C1Nc1c(C)ccnc1C(C)C. The molecule has 108 valence electrons. The maximum atomic E-state index is 8.05. The highest BCUT2D eigenvalue weighted by atomic mass is 35.5. The third-order valence-corrected chi connectivity index (χ3v) is 3.75. The zero-order valence-corrected chi connectivity index (χ0v) is 13.1. The fourth-order valence-electron chi connectivity index (χ4n) is 1.99. The molecule has 0 spiro atoms. The van der Waals surface area contributed by atoms with Crippen LogP contribution >= 0.6 is 23.2 Å². The molecule has 0 fully saturated rings. The lowest BCUT2D eigenvalue weighted by atomic mass is 10.0. The van der Waals surface area contributed by atoms with Crippen molar-refractivity contribution in [2.45, 2.75) is 32.9 Å². The number of halogens is 2. The first-order valence-corrected chi connectivity index (χ1v) is 7.11. The van der Waals surface area contributed by atoms with Crippen molar-refractivity contribution in [3.8, 4) is 0 Å². The van der Waals surface area contributed by atoms with E-state index >= 15 is 0 Å². The van der Waals surface area contributed by atoms with Crippen molar-refractivity contribution in [2.75, 3.05) is 5.32 Å². The molecule has 6 heteroatoms. The summed E-state index contributed by atoms with van der Waals surface area (Å²) in [5, 5.41) is 4.71. The number of nitrogens with one attached hydrogen (secondary N) is 2. The number of rotatable bonds is 3. The Balaban J connectivity index is 2.38. The number of allylic oxidation sites excluding steroid dienone is 2. The van der Waals surface area contributed by atoms with Crippen LogP contribution < -0.4 is 16.4 Å². The molecule has 2 rings (SSSR count). The van der Waals surface area contributed by atoms with Gasteiger partial charge in [0.15, 0.2) is 1.41 Å². The first-order valence-electron chi connectivity index (χ1n) is 6.80. The second-order valence-corrected chi connectivity index (χ2v) is 5.77. The van der Waals surface area contributed by atoms with Crippen molar-refractivity contribution in [3.63, 3.8) is 0 Å². The van der Waals surface area contributed by atoms with Crippen molar-refractivity contribution in [2.24, 2.45) is 5.73 Å². The summed E-state index contributed by atoms with van der Waals surface area (Å²) >= 11 is 11.9. The minimum Gasteiger partial charge on any atom is -0.399 e. The number of aryl methyl sites for hydroxylation is 1. The Morgan fingerprint density at radius 3 is 2.85 bits per heavy atom. The standard InChI is InChI=1S/C14H18Cl2N4/c1-7(2)11-12(8(3)4-5-18-11)19-14-10(17)6-9(15)13(16)20-14/h4-7,14,19-20H,17H2,1-3H3/i/hD. The number of nitrogens with zero attached hydrogens (tertiary/aromatic N) is 1. The van der Waals surface area contributed by atoms with Gasteiger partial charge in [-0.1, -0.05) is 37.0 Å². The summed E-state index contributed by atoms with van der Waals surface area (Å²) in [6.07, 6.45) is 2.76. The summed E-state index contributed by atoms with van der Waals surface area (Å²) in [6, 6.07) is 1.91. The number of hydrogen-bond acceptors (Lipinski definition) is 4. The number of dihydropyridines is 1. The Bertz CT molecular complexity index is 613. The van der Waals surface area contributed by atoms with Gasteiger partial charge in [0.2, 0.25) is 0 Å². The molecule has 0 bridgehead atoms. The second kappa shape index (κ2) is 5.94. The third kappa shape index (κ3) is 3.02. The fourth-order valence-corrected chi connectivity index (χ4v) is 2.32. The Morgan fingerprint density at radius 2 is 2.20 bits per heavy atom. The highest BCUT2D eigenvalue weighted by Crippen LogP contribution is 2.28. The van der Waals surface area contributed by atoms with E-state index in [2.05, 4.69) is 24.1 Å². The third-order valence-electron chi connectivity index (χ3n) is 3.07. The predicted octanol–water partition coefficient (Wildman–Crippen LogP) is 3.34. The van der Waals surface area contributed by atoms with E-state index in [0.29, 0.717) is 5.70 Å². The van der Waals surface area contributed by atoms with Crippen LogP contribution in [0, 0.1) is 6.92 Å². The molecule has 0 aromatic carbocycles. The predicted molar refractivity (Wildman–Crippen MR) is 84.6 cm³/mol. The molecule has 0 radical (unpaired) electrons. The van der Waals surface area contributed by atoms with E-state index in [1.807, 2.05) is 13.0 Å². The van der Waals surface area contributed by atoms with Crippen LogP contribution in [0.4, 0.5) is 5.69 Å².